The van der Waals surface area contributed by atoms with Crippen LogP contribution in [0, 0.1) is 10.1 Å². The fourth-order valence-electron chi connectivity index (χ4n) is 4.73. The summed E-state index contributed by atoms with van der Waals surface area (Å²) >= 11 is 1.38. The van der Waals surface area contributed by atoms with Gasteiger partial charge in [-0.15, -0.1) is 11.3 Å². The van der Waals surface area contributed by atoms with E-state index < -0.39 is 10.8 Å². The molecule has 0 atom stereocenters. The summed E-state index contributed by atoms with van der Waals surface area (Å²) in [6, 6.07) is 7.60. The van der Waals surface area contributed by atoms with Crippen LogP contribution < -0.4 is 19.5 Å². The lowest BCUT2D eigenvalue weighted by Crippen LogP contribution is -2.38. The van der Waals surface area contributed by atoms with E-state index in [0.29, 0.717) is 59.6 Å². The first kappa shape index (κ1) is 26.9. The number of aromatic amines is 1. The van der Waals surface area contributed by atoms with Crippen LogP contribution in [0.2, 0.25) is 0 Å². The lowest BCUT2D eigenvalue weighted by Gasteiger charge is -2.31. The van der Waals surface area contributed by atoms with Gasteiger partial charge in [-0.25, -0.2) is 4.98 Å². The number of nitro groups is 1. The zero-order valence-electron chi connectivity index (χ0n) is 21.9. The fourth-order valence-corrected chi connectivity index (χ4v) is 5.70. The molecule has 0 bridgehead atoms. The highest BCUT2D eigenvalue weighted by Crippen LogP contribution is 2.41. The molecular weight excluding hydrogens is 540 g/mol. The Morgan fingerprint density at radius 1 is 1.10 bits per heavy atom. The maximum Gasteiger partial charge on any atom is 0.276 e. The van der Waals surface area contributed by atoms with E-state index >= 15 is 0 Å². The van der Waals surface area contributed by atoms with Crippen LogP contribution in [0.15, 0.2) is 35.7 Å². The molecule has 1 aliphatic rings. The van der Waals surface area contributed by atoms with Gasteiger partial charge < -0.3 is 24.4 Å². The quantitative estimate of drug-likeness (QED) is 0.235. The Morgan fingerprint density at radius 3 is 2.52 bits per heavy atom. The van der Waals surface area contributed by atoms with Gasteiger partial charge in [-0.05, 0) is 31.0 Å². The Kier molecular flexibility index (Phi) is 7.51. The van der Waals surface area contributed by atoms with E-state index in [1.807, 2.05) is 0 Å². The minimum Gasteiger partial charge on any atom is -0.493 e. The second-order valence-electron chi connectivity index (χ2n) is 9.03. The maximum absolute atomic E-state index is 13.3. The van der Waals surface area contributed by atoms with Crippen LogP contribution >= 0.6 is 11.3 Å². The first-order valence-corrected chi connectivity index (χ1v) is 13.2. The van der Waals surface area contributed by atoms with Crippen molar-refractivity contribution in [2.75, 3.05) is 39.7 Å². The second kappa shape index (κ2) is 11.2. The molecule has 3 heterocycles. The molecule has 2 amide bonds. The molecule has 0 spiro atoms. The maximum atomic E-state index is 13.3. The Morgan fingerprint density at radius 2 is 1.85 bits per heavy atom. The number of nitrogens with zero attached hydrogens (tertiary/aromatic N) is 4. The second-order valence-corrected chi connectivity index (χ2v) is 9.92. The normalized spacial score (nSPS) is 13.7. The third-order valence-electron chi connectivity index (χ3n) is 6.81. The highest BCUT2D eigenvalue weighted by atomic mass is 32.1. The molecule has 1 fully saturated rings. The molecule has 0 unspecified atom stereocenters. The summed E-state index contributed by atoms with van der Waals surface area (Å²) in [5.41, 5.74) is 1.08. The number of amides is 2. The SMILES string of the molecule is COc1ccc(C(=O)N2CCC(c3nc(C(=O)Nc4n[nH]c5ccc([N+](=O)[O-])cc45)cs3)CC2)c(OC)c1OC. The number of carbonyl (C=O) groups is 2. The van der Waals surface area contributed by atoms with Gasteiger partial charge in [-0.2, -0.15) is 5.10 Å². The minimum absolute atomic E-state index is 0.0942. The first-order chi connectivity index (χ1) is 19.3. The largest absolute Gasteiger partial charge is 0.493 e. The molecule has 13 nitrogen and oxygen atoms in total. The van der Waals surface area contributed by atoms with Crippen molar-refractivity contribution in [1.29, 1.82) is 0 Å². The highest BCUT2D eigenvalue weighted by Gasteiger charge is 2.30. The molecule has 2 aromatic heterocycles. The Hall–Kier alpha value is -4.72. The third kappa shape index (κ3) is 5.00. The van der Waals surface area contributed by atoms with Crippen LogP contribution in [-0.4, -0.2) is 71.2 Å². The summed E-state index contributed by atoms with van der Waals surface area (Å²) in [5.74, 6) is 0.814. The smallest absolute Gasteiger partial charge is 0.276 e. The van der Waals surface area contributed by atoms with Gasteiger partial charge in [0.2, 0.25) is 5.75 Å². The van der Waals surface area contributed by atoms with Gasteiger partial charge in [0.15, 0.2) is 17.3 Å². The van der Waals surface area contributed by atoms with E-state index in [4.69, 9.17) is 14.2 Å². The van der Waals surface area contributed by atoms with Crippen LogP contribution in [0.3, 0.4) is 0 Å². The van der Waals surface area contributed by atoms with Crippen molar-refractivity contribution in [3.63, 3.8) is 0 Å². The number of hydrogen-bond donors (Lipinski definition) is 2. The summed E-state index contributed by atoms with van der Waals surface area (Å²) in [7, 11) is 4.49. The molecule has 2 N–H and O–H groups in total. The Labute approximate surface area is 232 Å². The summed E-state index contributed by atoms with van der Waals surface area (Å²) in [6.07, 6.45) is 1.37. The molecule has 1 saturated heterocycles. The van der Waals surface area contributed by atoms with Crippen molar-refractivity contribution < 1.29 is 28.7 Å². The third-order valence-corrected chi connectivity index (χ3v) is 7.82. The van der Waals surface area contributed by atoms with E-state index in [1.165, 1.54) is 50.9 Å². The predicted octanol–water partition coefficient (Wildman–Crippen LogP) is 4.23. The number of anilines is 1. The molecule has 0 saturated carbocycles. The number of nitro benzene ring substituents is 1. The van der Waals surface area contributed by atoms with Crippen LogP contribution in [0.25, 0.3) is 10.9 Å². The average Bonchev–Trinajstić information content (AvgIpc) is 3.63. The summed E-state index contributed by atoms with van der Waals surface area (Å²) in [4.78, 5) is 43.1. The number of rotatable bonds is 8. The number of methoxy groups -OCH3 is 3. The zero-order chi connectivity index (χ0) is 28.4. The molecule has 0 aliphatic carbocycles. The van der Waals surface area contributed by atoms with Crippen LogP contribution in [0.1, 0.15) is 44.6 Å². The number of H-pyrrole nitrogens is 1. The number of fused-ring (bicyclic) bond motifs is 1. The van der Waals surface area contributed by atoms with Gasteiger partial charge in [0.1, 0.15) is 5.69 Å². The van der Waals surface area contributed by atoms with Crippen molar-refractivity contribution in [2.45, 2.75) is 18.8 Å². The van der Waals surface area contributed by atoms with E-state index in [0.717, 1.165) is 5.01 Å². The number of piperidine rings is 1. The van der Waals surface area contributed by atoms with Crippen LogP contribution in [-0.2, 0) is 0 Å². The van der Waals surface area contributed by atoms with Gasteiger partial charge in [-0.1, -0.05) is 0 Å². The molecule has 40 heavy (non-hydrogen) atoms. The van der Waals surface area contributed by atoms with E-state index in [2.05, 4.69) is 20.5 Å². The zero-order valence-corrected chi connectivity index (χ0v) is 22.7. The highest BCUT2D eigenvalue weighted by molar-refractivity contribution is 7.10. The molecule has 4 aromatic rings. The molecule has 14 heteroatoms. The number of nitrogens with one attached hydrogen (secondary N) is 2. The first-order valence-electron chi connectivity index (χ1n) is 12.3. The molecule has 208 valence electrons. The van der Waals surface area contributed by atoms with Gasteiger partial charge >= 0.3 is 0 Å². The number of ether oxygens (including phenoxy) is 3. The number of non-ortho nitro benzene ring substituents is 1. The van der Waals surface area contributed by atoms with Crippen molar-refractivity contribution >= 4 is 45.6 Å². The number of thiazole rings is 1. The monoisotopic (exact) mass is 566 g/mol. The number of aromatic nitrogens is 3. The van der Waals surface area contributed by atoms with Crippen LogP contribution in [0.5, 0.6) is 17.2 Å². The van der Waals surface area contributed by atoms with Gasteiger partial charge in [0.25, 0.3) is 17.5 Å². The van der Waals surface area contributed by atoms with E-state index in [-0.39, 0.29) is 29.0 Å². The molecule has 0 radical (unpaired) electrons. The van der Waals surface area contributed by atoms with Gasteiger partial charge in [-0.3, -0.25) is 24.8 Å². The lowest BCUT2D eigenvalue weighted by molar-refractivity contribution is -0.384. The summed E-state index contributed by atoms with van der Waals surface area (Å²) in [6.45, 7) is 1.03. The molecule has 5 rings (SSSR count). The van der Waals surface area contributed by atoms with Gasteiger partial charge in [0.05, 0.1) is 47.7 Å². The van der Waals surface area contributed by atoms with E-state index in [1.54, 1.807) is 22.4 Å². The minimum atomic E-state index is -0.506. The Balaban J connectivity index is 1.24. The van der Waals surface area contributed by atoms with Crippen molar-refractivity contribution in [2.24, 2.45) is 0 Å². The summed E-state index contributed by atoms with van der Waals surface area (Å²) in [5, 5.41) is 23.6. The van der Waals surface area contributed by atoms with Gasteiger partial charge in [0, 0.05) is 36.5 Å². The fraction of sp³-hybridized carbons (Fsp3) is 0.308. The Bertz CT molecular complexity index is 1590. The number of hydrogen-bond acceptors (Lipinski definition) is 10. The van der Waals surface area contributed by atoms with Crippen molar-refractivity contribution in [1.82, 2.24) is 20.1 Å². The molecular formula is C26H26N6O7S. The average molecular weight is 567 g/mol. The number of benzene rings is 2. The standard InChI is InChI=1S/C26H26N6O7S/c1-37-20-7-5-16(21(38-2)22(20)39-3)26(34)31-10-8-14(9-11-31)25-27-19(13-40-25)24(33)28-23-17-12-15(32(35)36)4-6-18(17)29-30-23/h4-7,12-14H,8-11H2,1-3H3,(H2,28,29,30,33). The van der Waals surface area contributed by atoms with Crippen LogP contribution in [0.4, 0.5) is 11.5 Å². The summed E-state index contributed by atoms with van der Waals surface area (Å²) < 4.78 is 16.2. The molecule has 2 aromatic carbocycles. The number of carbonyl (C=O) groups excluding carboxylic acids is 2. The predicted molar refractivity (Wildman–Crippen MR) is 147 cm³/mol. The number of likely N-dealkylation sites (tertiary alicyclic amines) is 1. The van der Waals surface area contributed by atoms with E-state index in [9.17, 15) is 19.7 Å². The lowest BCUT2D eigenvalue weighted by atomic mass is 9.97. The molecule has 1 aliphatic heterocycles. The van der Waals surface area contributed by atoms with Crippen molar-refractivity contribution in [3.8, 4) is 17.2 Å². The van der Waals surface area contributed by atoms with Crippen molar-refractivity contribution in [3.05, 3.63) is 62.1 Å². The topological polar surface area (TPSA) is 162 Å².